The molecule has 2 aliphatic carbocycles. The van der Waals surface area contributed by atoms with Crippen molar-refractivity contribution < 1.29 is 14.3 Å². The molecule has 1 aliphatic heterocycles. The highest BCUT2D eigenvalue weighted by Crippen LogP contribution is 2.54. The second-order valence-electron chi connectivity index (χ2n) is 8.09. The molecule has 0 saturated carbocycles. The van der Waals surface area contributed by atoms with Crippen molar-refractivity contribution in [1.29, 1.82) is 0 Å². The van der Waals surface area contributed by atoms with Gasteiger partial charge in [-0.2, -0.15) is 0 Å². The van der Waals surface area contributed by atoms with E-state index in [1.54, 1.807) is 17.0 Å². The van der Waals surface area contributed by atoms with Gasteiger partial charge in [0.15, 0.2) is 0 Å². The fraction of sp³-hybridized carbons (Fsp3) is 0.391. The molecule has 1 aromatic rings. The Balaban J connectivity index is 1.63. The molecular formula is C23H25NO3. The molecule has 3 aliphatic rings. The average Bonchev–Trinajstić information content (AvgIpc) is 2.87. The van der Waals surface area contributed by atoms with Crippen LogP contribution in [-0.4, -0.2) is 29.9 Å². The van der Waals surface area contributed by atoms with E-state index in [-0.39, 0.29) is 29.3 Å². The molecule has 0 bridgehead atoms. The van der Waals surface area contributed by atoms with Crippen LogP contribution in [0, 0.1) is 11.3 Å². The first-order valence-electron chi connectivity index (χ1n) is 9.49. The maximum Gasteiger partial charge on any atom is 0.338 e. The van der Waals surface area contributed by atoms with E-state index >= 15 is 0 Å². The van der Waals surface area contributed by atoms with Crippen molar-refractivity contribution in [3.63, 3.8) is 0 Å². The first-order valence-corrected chi connectivity index (χ1v) is 9.49. The Morgan fingerprint density at radius 1 is 1.26 bits per heavy atom. The highest BCUT2D eigenvalue weighted by atomic mass is 16.5. The Hall–Kier alpha value is -2.62. The predicted molar refractivity (Wildman–Crippen MR) is 104 cm³/mol. The molecule has 0 N–H and O–H groups in total. The molecule has 1 heterocycles. The van der Waals surface area contributed by atoms with Crippen LogP contribution in [0.5, 0.6) is 0 Å². The number of esters is 1. The van der Waals surface area contributed by atoms with Crippen LogP contribution in [0.15, 0.2) is 64.9 Å². The lowest BCUT2D eigenvalue weighted by atomic mass is 9.60. The third-order valence-corrected chi connectivity index (χ3v) is 6.64. The van der Waals surface area contributed by atoms with Crippen LogP contribution < -0.4 is 0 Å². The second kappa shape index (κ2) is 6.22. The normalized spacial score (nSPS) is 29.8. The van der Waals surface area contributed by atoms with Gasteiger partial charge in [-0.25, -0.2) is 4.79 Å². The van der Waals surface area contributed by atoms with E-state index in [4.69, 9.17) is 4.74 Å². The van der Waals surface area contributed by atoms with Crippen molar-refractivity contribution >= 4 is 11.9 Å². The molecule has 4 rings (SSSR count). The van der Waals surface area contributed by atoms with E-state index in [2.05, 4.69) is 26.0 Å². The topological polar surface area (TPSA) is 46.6 Å². The number of rotatable bonds is 2. The zero-order chi connectivity index (χ0) is 19.3. The predicted octanol–water partition coefficient (Wildman–Crippen LogP) is 4.26. The van der Waals surface area contributed by atoms with E-state index in [0.717, 1.165) is 23.3 Å². The number of likely N-dealkylation sites (N-methyl/N-ethyl adjacent to an activating group) is 1. The molecule has 0 unspecified atom stereocenters. The number of nitrogens with zero attached hydrogens (tertiary/aromatic N) is 1. The summed E-state index contributed by atoms with van der Waals surface area (Å²) in [5, 5.41) is 0. The van der Waals surface area contributed by atoms with Crippen molar-refractivity contribution in [3.8, 4) is 0 Å². The maximum absolute atomic E-state index is 12.5. The Labute approximate surface area is 160 Å². The molecule has 27 heavy (non-hydrogen) atoms. The summed E-state index contributed by atoms with van der Waals surface area (Å²) in [7, 11) is 1.84. The van der Waals surface area contributed by atoms with Gasteiger partial charge in [0.1, 0.15) is 6.10 Å². The Morgan fingerprint density at radius 3 is 2.67 bits per heavy atom. The molecule has 0 fully saturated rings. The molecular weight excluding hydrogens is 338 g/mol. The van der Waals surface area contributed by atoms with Gasteiger partial charge in [0, 0.05) is 36.1 Å². The van der Waals surface area contributed by atoms with Crippen molar-refractivity contribution in [3.05, 3.63) is 70.5 Å². The summed E-state index contributed by atoms with van der Waals surface area (Å²) in [4.78, 5) is 26.6. The van der Waals surface area contributed by atoms with E-state index in [1.165, 1.54) is 5.57 Å². The number of amides is 1. The zero-order valence-electron chi connectivity index (χ0n) is 16.3. The van der Waals surface area contributed by atoms with Crippen molar-refractivity contribution in [1.82, 2.24) is 4.90 Å². The standard InChI is InChI=1S/C23H25NO3/c1-14-18-13-23(3)15(2)20(27-22(26)16-8-6-5-7-9-16)11-10-17(23)12-19(18)24(4)21(14)25/h5-10,12,15,20H,11,13H2,1-4H3/t15-,20-,23+/m0/s1. The second-order valence-corrected chi connectivity index (χ2v) is 8.09. The summed E-state index contributed by atoms with van der Waals surface area (Å²) in [5.74, 6) is -0.0332. The van der Waals surface area contributed by atoms with Gasteiger partial charge in [0.05, 0.1) is 5.56 Å². The Bertz CT molecular complexity index is 909. The van der Waals surface area contributed by atoms with E-state index in [1.807, 2.05) is 32.2 Å². The van der Waals surface area contributed by atoms with Crippen LogP contribution >= 0.6 is 0 Å². The third kappa shape index (κ3) is 2.66. The smallest absolute Gasteiger partial charge is 0.338 e. The Morgan fingerprint density at radius 2 is 1.96 bits per heavy atom. The van der Waals surface area contributed by atoms with Crippen LogP contribution in [-0.2, 0) is 9.53 Å². The zero-order valence-corrected chi connectivity index (χ0v) is 16.3. The first kappa shape index (κ1) is 17.8. The largest absolute Gasteiger partial charge is 0.458 e. The van der Waals surface area contributed by atoms with Crippen LogP contribution in [0.1, 0.15) is 44.0 Å². The molecule has 0 saturated heterocycles. The molecule has 1 amide bonds. The van der Waals surface area contributed by atoms with Crippen molar-refractivity contribution in [2.45, 2.75) is 39.7 Å². The number of carbonyl (C=O) groups is 2. The molecule has 140 valence electrons. The van der Waals surface area contributed by atoms with Gasteiger partial charge in [0.2, 0.25) is 0 Å². The van der Waals surface area contributed by atoms with E-state index < -0.39 is 0 Å². The van der Waals surface area contributed by atoms with E-state index in [0.29, 0.717) is 12.0 Å². The summed E-state index contributed by atoms with van der Waals surface area (Å²) in [6.45, 7) is 6.29. The molecule has 4 heteroatoms. The number of ether oxygens (including phenoxy) is 1. The SMILES string of the molecule is CC1=C2C[C@@]3(C)C(=CC[C@H](OC(=O)c4ccccc4)[C@@H]3C)C=C2N(C)C1=O. The molecule has 0 radical (unpaired) electrons. The van der Waals surface area contributed by atoms with E-state index in [9.17, 15) is 9.59 Å². The van der Waals surface area contributed by atoms with Crippen LogP contribution in [0.4, 0.5) is 0 Å². The number of benzene rings is 1. The van der Waals surface area contributed by atoms with Gasteiger partial charge in [-0.05, 0) is 42.7 Å². The van der Waals surface area contributed by atoms with Gasteiger partial charge in [-0.3, -0.25) is 4.79 Å². The van der Waals surface area contributed by atoms with Gasteiger partial charge in [-0.15, -0.1) is 0 Å². The molecule has 0 spiro atoms. The minimum Gasteiger partial charge on any atom is -0.458 e. The monoisotopic (exact) mass is 363 g/mol. The third-order valence-electron chi connectivity index (χ3n) is 6.64. The quantitative estimate of drug-likeness (QED) is 0.738. The summed E-state index contributed by atoms with van der Waals surface area (Å²) in [6, 6.07) is 9.14. The number of hydrogen-bond donors (Lipinski definition) is 0. The van der Waals surface area contributed by atoms with Gasteiger partial charge in [-0.1, -0.05) is 38.1 Å². The number of carbonyl (C=O) groups excluding carboxylic acids is 2. The summed E-state index contributed by atoms with van der Waals surface area (Å²) in [6.07, 6.45) is 5.66. The number of fused-ring (bicyclic) bond motifs is 2. The minimum atomic E-state index is -0.272. The lowest BCUT2D eigenvalue weighted by Gasteiger charge is -2.46. The molecule has 1 aromatic carbocycles. The fourth-order valence-corrected chi connectivity index (χ4v) is 4.58. The molecule has 0 aromatic heterocycles. The summed E-state index contributed by atoms with van der Waals surface area (Å²) >= 11 is 0. The first-order chi connectivity index (χ1) is 12.8. The van der Waals surface area contributed by atoms with Gasteiger partial charge >= 0.3 is 5.97 Å². The maximum atomic E-state index is 12.5. The van der Waals surface area contributed by atoms with Gasteiger partial charge < -0.3 is 9.64 Å². The van der Waals surface area contributed by atoms with Crippen LogP contribution in [0.25, 0.3) is 0 Å². The minimum absolute atomic E-state index is 0.0822. The highest BCUT2D eigenvalue weighted by molar-refractivity contribution is 6.00. The summed E-state index contributed by atoms with van der Waals surface area (Å²) < 4.78 is 5.89. The summed E-state index contributed by atoms with van der Waals surface area (Å²) in [5.41, 5.74) is 4.66. The van der Waals surface area contributed by atoms with Crippen molar-refractivity contribution in [2.75, 3.05) is 7.05 Å². The number of allylic oxidation sites excluding steroid dienone is 3. The lowest BCUT2D eigenvalue weighted by Crippen LogP contribution is -2.42. The molecule has 4 nitrogen and oxygen atoms in total. The fourth-order valence-electron chi connectivity index (χ4n) is 4.58. The van der Waals surface area contributed by atoms with Gasteiger partial charge in [0.25, 0.3) is 5.91 Å². The molecule has 3 atom stereocenters. The number of hydrogen-bond acceptors (Lipinski definition) is 3. The highest BCUT2D eigenvalue weighted by Gasteiger charge is 2.48. The van der Waals surface area contributed by atoms with Crippen LogP contribution in [0.3, 0.4) is 0 Å². The van der Waals surface area contributed by atoms with Crippen LogP contribution in [0.2, 0.25) is 0 Å². The van der Waals surface area contributed by atoms with Crippen molar-refractivity contribution in [2.24, 2.45) is 11.3 Å². The lowest BCUT2D eigenvalue weighted by molar-refractivity contribution is -0.123. The Kier molecular flexibility index (Phi) is 4.10. The average molecular weight is 363 g/mol.